The van der Waals surface area contributed by atoms with E-state index in [-0.39, 0.29) is 6.03 Å². The standard InChI is InChI=1S/C13H18N2O/c1-3-10-14-13(16)15(4-2)11-12-8-6-5-7-9-12/h3,5-10H,4,11H2,1-2H3,(H,14,16)/b10-3+. The third-order valence-corrected chi connectivity index (χ3v) is 2.26. The van der Waals surface area contributed by atoms with Crippen molar-refractivity contribution in [2.45, 2.75) is 20.4 Å². The molecule has 0 aromatic heterocycles. The van der Waals surface area contributed by atoms with Gasteiger partial charge in [-0.05, 0) is 19.4 Å². The van der Waals surface area contributed by atoms with Crippen LogP contribution in [0.4, 0.5) is 4.79 Å². The van der Waals surface area contributed by atoms with Crippen LogP contribution in [0.5, 0.6) is 0 Å². The van der Waals surface area contributed by atoms with Gasteiger partial charge in [-0.3, -0.25) is 0 Å². The zero-order chi connectivity index (χ0) is 11.8. The van der Waals surface area contributed by atoms with Crippen molar-refractivity contribution in [3.05, 3.63) is 48.2 Å². The van der Waals surface area contributed by atoms with Crippen molar-refractivity contribution in [2.24, 2.45) is 0 Å². The van der Waals surface area contributed by atoms with Crippen LogP contribution in [-0.2, 0) is 6.54 Å². The van der Waals surface area contributed by atoms with Crippen LogP contribution in [0.15, 0.2) is 42.6 Å². The molecule has 0 aliphatic carbocycles. The normalized spacial score (nSPS) is 10.4. The largest absolute Gasteiger partial charge is 0.321 e. The van der Waals surface area contributed by atoms with Gasteiger partial charge in [0.1, 0.15) is 0 Å². The minimum atomic E-state index is -0.0653. The first-order valence-corrected chi connectivity index (χ1v) is 5.48. The van der Waals surface area contributed by atoms with Gasteiger partial charge in [0, 0.05) is 19.3 Å². The molecule has 1 aromatic rings. The molecule has 0 aliphatic rings. The highest BCUT2D eigenvalue weighted by atomic mass is 16.2. The van der Waals surface area contributed by atoms with Crippen LogP contribution in [-0.4, -0.2) is 17.5 Å². The van der Waals surface area contributed by atoms with E-state index in [1.165, 1.54) is 0 Å². The Balaban J connectivity index is 2.58. The third-order valence-electron chi connectivity index (χ3n) is 2.26. The quantitative estimate of drug-likeness (QED) is 0.828. The first kappa shape index (κ1) is 12.3. The molecule has 0 saturated carbocycles. The van der Waals surface area contributed by atoms with E-state index in [1.54, 1.807) is 17.2 Å². The van der Waals surface area contributed by atoms with E-state index in [0.29, 0.717) is 13.1 Å². The Morgan fingerprint density at radius 1 is 1.38 bits per heavy atom. The first-order chi connectivity index (χ1) is 7.77. The third kappa shape index (κ3) is 3.77. The number of nitrogens with one attached hydrogen (secondary N) is 1. The maximum Gasteiger partial charge on any atom is 0.321 e. The number of urea groups is 1. The highest BCUT2D eigenvalue weighted by molar-refractivity contribution is 5.75. The number of carbonyl (C=O) groups is 1. The fourth-order valence-electron chi connectivity index (χ4n) is 1.38. The van der Waals surface area contributed by atoms with Crippen LogP contribution < -0.4 is 5.32 Å². The summed E-state index contributed by atoms with van der Waals surface area (Å²) in [6.07, 6.45) is 3.45. The van der Waals surface area contributed by atoms with Crippen molar-refractivity contribution in [3.63, 3.8) is 0 Å². The Bertz CT molecular complexity index is 346. The number of hydrogen-bond donors (Lipinski definition) is 1. The molecule has 0 fully saturated rings. The molecule has 1 N–H and O–H groups in total. The van der Waals surface area contributed by atoms with Gasteiger partial charge in [-0.1, -0.05) is 36.4 Å². The van der Waals surface area contributed by atoms with E-state index in [9.17, 15) is 4.79 Å². The summed E-state index contributed by atoms with van der Waals surface area (Å²) < 4.78 is 0. The second-order valence-corrected chi connectivity index (χ2v) is 3.45. The molecule has 0 aliphatic heterocycles. The highest BCUT2D eigenvalue weighted by Crippen LogP contribution is 2.04. The summed E-state index contributed by atoms with van der Waals surface area (Å²) in [5.41, 5.74) is 1.14. The summed E-state index contributed by atoms with van der Waals surface area (Å²) >= 11 is 0. The number of hydrogen-bond acceptors (Lipinski definition) is 1. The van der Waals surface area contributed by atoms with Crippen LogP contribution in [0.3, 0.4) is 0 Å². The Labute approximate surface area is 96.8 Å². The number of amides is 2. The van der Waals surface area contributed by atoms with Crippen LogP contribution in [0.1, 0.15) is 19.4 Å². The van der Waals surface area contributed by atoms with Gasteiger partial charge in [-0.15, -0.1) is 0 Å². The van der Waals surface area contributed by atoms with Crippen molar-refractivity contribution in [1.82, 2.24) is 10.2 Å². The number of rotatable bonds is 4. The van der Waals surface area contributed by atoms with Gasteiger partial charge in [0.05, 0.1) is 0 Å². The van der Waals surface area contributed by atoms with E-state index >= 15 is 0 Å². The fraction of sp³-hybridized carbons (Fsp3) is 0.308. The molecule has 1 rings (SSSR count). The van der Waals surface area contributed by atoms with Crippen molar-refractivity contribution in [1.29, 1.82) is 0 Å². The van der Waals surface area contributed by atoms with Crippen LogP contribution >= 0.6 is 0 Å². The number of carbonyl (C=O) groups excluding carboxylic acids is 1. The van der Waals surface area contributed by atoms with Crippen molar-refractivity contribution in [3.8, 4) is 0 Å². The number of nitrogens with zero attached hydrogens (tertiary/aromatic N) is 1. The lowest BCUT2D eigenvalue weighted by molar-refractivity contribution is 0.202. The number of benzene rings is 1. The predicted molar refractivity (Wildman–Crippen MR) is 65.9 cm³/mol. The van der Waals surface area contributed by atoms with Gasteiger partial charge in [-0.2, -0.15) is 0 Å². The van der Waals surface area contributed by atoms with Gasteiger partial charge in [0.25, 0.3) is 0 Å². The number of allylic oxidation sites excluding steroid dienone is 1. The Hall–Kier alpha value is -1.77. The molecule has 16 heavy (non-hydrogen) atoms. The van der Waals surface area contributed by atoms with Gasteiger partial charge in [0.2, 0.25) is 0 Å². The second-order valence-electron chi connectivity index (χ2n) is 3.45. The fourth-order valence-corrected chi connectivity index (χ4v) is 1.38. The van der Waals surface area contributed by atoms with E-state index < -0.39 is 0 Å². The van der Waals surface area contributed by atoms with Gasteiger partial charge >= 0.3 is 6.03 Å². The minimum absolute atomic E-state index is 0.0653. The lowest BCUT2D eigenvalue weighted by atomic mass is 10.2. The monoisotopic (exact) mass is 218 g/mol. The molecular weight excluding hydrogens is 200 g/mol. The minimum Gasteiger partial charge on any atom is -0.321 e. The zero-order valence-electron chi connectivity index (χ0n) is 9.81. The Morgan fingerprint density at radius 3 is 2.62 bits per heavy atom. The lowest BCUT2D eigenvalue weighted by Gasteiger charge is -2.20. The van der Waals surface area contributed by atoms with E-state index in [1.807, 2.05) is 44.2 Å². The summed E-state index contributed by atoms with van der Waals surface area (Å²) in [5.74, 6) is 0. The lowest BCUT2D eigenvalue weighted by Crippen LogP contribution is -2.36. The van der Waals surface area contributed by atoms with Crippen LogP contribution in [0.2, 0.25) is 0 Å². The Kier molecular flexibility index (Phi) is 5.12. The van der Waals surface area contributed by atoms with E-state index in [0.717, 1.165) is 5.56 Å². The SMILES string of the molecule is C/C=C/NC(=O)N(CC)Cc1ccccc1. The topological polar surface area (TPSA) is 32.3 Å². The molecule has 0 unspecified atom stereocenters. The first-order valence-electron chi connectivity index (χ1n) is 5.48. The highest BCUT2D eigenvalue weighted by Gasteiger charge is 2.09. The van der Waals surface area contributed by atoms with Crippen molar-refractivity contribution < 1.29 is 4.79 Å². The summed E-state index contributed by atoms with van der Waals surface area (Å²) in [6, 6.07) is 9.90. The molecule has 2 amide bonds. The molecule has 3 heteroatoms. The zero-order valence-corrected chi connectivity index (χ0v) is 9.81. The molecule has 0 spiro atoms. The van der Waals surface area contributed by atoms with Gasteiger partial charge < -0.3 is 10.2 Å². The average Bonchev–Trinajstić information content (AvgIpc) is 2.34. The summed E-state index contributed by atoms with van der Waals surface area (Å²) in [5, 5.41) is 2.71. The van der Waals surface area contributed by atoms with Crippen LogP contribution in [0.25, 0.3) is 0 Å². The molecular formula is C13H18N2O. The molecule has 1 aromatic carbocycles. The smallest absolute Gasteiger partial charge is 0.321 e. The Morgan fingerprint density at radius 2 is 2.06 bits per heavy atom. The molecule has 86 valence electrons. The summed E-state index contributed by atoms with van der Waals surface area (Å²) in [4.78, 5) is 13.5. The average molecular weight is 218 g/mol. The molecule has 0 saturated heterocycles. The molecule has 3 nitrogen and oxygen atoms in total. The summed E-state index contributed by atoms with van der Waals surface area (Å²) in [6.45, 7) is 5.17. The molecule has 0 atom stereocenters. The summed E-state index contributed by atoms with van der Waals surface area (Å²) in [7, 11) is 0. The van der Waals surface area contributed by atoms with Gasteiger partial charge in [0.15, 0.2) is 0 Å². The predicted octanol–water partition coefficient (Wildman–Crippen LogP) is 2.75. The molecule has 0 heterocycles. The molecule has 0 radical (unpaired) electrons. The van der Waals surface area contributed by atoms with E-state index in [2.05, 4.69) is 5.32 Å². The second kappa shape index (κ2) is 6.67. The van der Waals surface area contributed by atoms with Crippen molar-refractivity contribution >= 4 is 6.03 Å². The van der Waals surface area contributed by atoms with Gasteiger partial charge in [-0.25, -0.2) is 4.79 Å². The van der Waals surface area contributed by atoms with Crippen LogP contribution in [0, 0.1) is 0 Å². The maximum atomic E-state index is 11.7. The maximum absolute atomic E-state index is 11.7. The van der Waals surface area contributed by atoms with E-state index in [4.69, 9.17) is 0 Å². The molecule has 0 bridgehead atoms. The van der Waals surface area contributed by atoms with Crippen molar-refractivity contribution in [2.75, 3.05) is 6.54 Å².